The van der Waals surface area contributed by atoms with Gasteiger partial charge in [-0.2, -0.15) is 9.78 Å². The third-order valence-electron chi connectivity index (χ3n) is 2.68. The van der Waals surface area contributed by atoms with E-state index in [2.05, 4.69) is 27.4 Å². The summed E-state index contributed by atoms with van der Waals surface area (Å²) < 4.78 is 2.15. The van der Waals surface area contributed by atoms with Crippen LogP contribution in [-0.2, 0) is 5.75 Å². The van der Waals surface area contributed by atoms with Gasteiger partial charge in [-0.25, -0.2) is 5.10 Å². The van der Waals surface area contributed by atoms with Gasteiger partial charge >= 0.3 is 0 Å². The van der Waals surface area contributed by atoms with Crippen molar-refractivity contribution in [3.05, 3.63) is 63.1 Å². The topological polar surface area (TPSA) is 46.0 Å². The Morgan fingerprint density at radius 1 is 1.29 bits per heavy atom. The van der Waals surface area contributed by atoms with Crippen molar-refractivity contribution in [3.8, 4) is 0 Å². The minimum Gasteiger partial charge on any atom is -0.249 e. The Labute approximate surface area is 135 Å². The first-order valence-corrected chi connectivity index (χ1v) is 8.52. The van der Waals surface area contributed by atoms with Crippen molar-refractivity contribution in [2.45, 2.75) is 10.9 Å². The van der Waals surface area contributed by atoms with Gasteiger partial charge in [0.25, 0.3) is 0 Å². The number of hydrogen-bond acceptors (Lipinski definition) is 5. The molecule has 0 spiro atoms. The molecule has 0 aliphatic carbocycles. The summed E-state index contributed by atoms with van der Waals surface area (Å²) in [7, 11) is 0. The zero-order chi connectivity index (χ0) is 14.5. The van der Waals surface area contributed by atoms with Crippen molar-refractivity contribution in [1.29, 1.82) is 0 Å². The van der Waals surface area contributed by atoms with Gasteiger partial charge in [0.1, 0.15) is 0 Å². The van der Waals surface area contributed by atoms with Crippen molar-refractivity contribution in [2.24, 2.45) is 5.10 Å². The van der Waals surface area contributed by atoms with Gasteiger partial charge in [-0.15, -0.1) is 16.4 Å². The molecule has 0 fully saturated rings. The van der Waals surface area contributed by atoms with Crippen LogP contribution in [0.1, 0.15) is 10.4 Å². The second kappa shape index (κ2) is 6.84. The highest BCUT2D eigenvalue weighted by molar-refractivity contribution is 7.98. The van der Waals surface area contributed by atoms with E-state index in [9.17, 15) is 0 Å². The van der Waals surface area contributed by atoms with E-state index >= 15 is 0 Å². The Morgan fingerprint density at radius 3 is 2.90 bits per heavy atom. The summed E-state index contributed by atoms with van der Waals surface area (Å²) in [6, 6.07) is 14.3. The lowest BCUT2D eigenvalue weighted by Gasteiger charge is -2.00. The Hall–Kier alpha value is -1.70. The standard InChI is InChI=1S/C14H12N4S3/c19-13-16-17-14(21-10-11-5-2-1-3-6-11)18(13)15-9-12-7-4-8-20-12/h1-9H,10H2,(H,16,19)/b15-9-. The number of aromatic amines is 1. The molecule has 0 amide bonds. The number of thiophene rings is 1. The smallest absolute Gasteiger partial charge is 0.217 e. The molecule has 21 heavy (non-hydrogen) atoms. The molecule has 3 rings (SSSR count). The molecule has 0 aliphatic rings. The van der Waals surface area contributed by atoms with Gasteiger partial charge in [0.15, 0.2) is 0 Å². The van der Waals surface area contributed by atoms with Crippen LogP contribution in [0.5, 0.6) is 0 Å². The van der Waals surface area contributed by atoms with Gasteiger partial charge in [-0.3, -0.25) is 0 Å². The highest BCUT2D eigenvalue weighted by Gasteiger charge is 2.06. The number of benzene rings is 1. The molecule has 3 aromatic rings. The van der Waals surface area contributed by atoms with Gasteiger partial charge in [0.2, 0.25) is 9.93 Å². The molecule has 0 bridgehead atoms. The van der Waals surface area contributed by atoms with E-state index in [1.54, 1.807) is 34.0 Å². The van der Waals surface area contributed by atoms with Crippen molar-refractivity contribution in [3.63, 3.8) is 0 Å². The Kier molecular flexibility index (Phi) is 4.64. The monoisotopic (exact) mass is 332 g/mol. The molecule has 0 atom stereocenters. The third kappa shape index (κ3) is 3.69. The van der Waals surface area contributed by atoms with Gasteiger partial charge in [0, 0.05) is 10.6 Å². The first kappa shape index (κ1) is 14.2. The molecule has 0 radical (unpaired) electrons. The number of thioether (sulfide) groups is 1. The van der Waals surface area contributed by atoms with Gasteiger partial charge in [-0.1, -0.05) is 48.2 Å². The van der Waals surface area contributed by atoms with E-state index in [0.29, 0.717) is 4.77 Å². The number of nitrogens with one attached hydrogen (secondary N) is 1. The number of hydrogen-bond donors (Lipinski definition) is 1. The van der Waals surface area contributed by atoms with Gasteiger partial charge in [-0.05, 0) is 29.2 Å². The summed E-state index contributed by atoms with van der Waals surface area (Å²) in [5.74, 6) is 0.828. The van der Waals surface area contributed by atoms with Crippen molar-refractivity contribution >= 4 is 41.5 Å². The van der Waals surface area contributed by atoms with E-state index in [0.717, 1.165) is 15.8 Å². The van der Waals surface area contributed by atoms with Crippen LogP contribution in [0.3, 0.4) is 0 Å². The van der Waals surface area contributed by atoms with E-state index in [4.69, 9.17) is 12.2 Å². The molecule has 2 aromatic heterocycles. The average Bonchev–Trinajstić information content (AvgIpc) is 3.14. The molecule has 4 nitrogen and oxygen atoms in total. The fourth-order valence-electron chi connectivity index (χ4n) is 1.67. The molecule has 106 valence electrons. The summed E-state index contributed by atoms with van der Waals surface area (Å²) >= 11 is 8.45. The maximum absolute atomic E-state index is 5.22. The summed E-state index contributed by atoms with van der Waals surface area (Å²) in [4.78, 5) is 1.08. The van der Waals surface area contributed by atoms with E-state index in [-0.39, 0.29) is 0 Å². The lowest BCUT2D eigenvalue weighted by Crippen LogP contribution is -1.93. The van der Waals surface area contributed by atoms with E-state index < -0.39 is 0 Å². The van der Waals surface area contributed by atoms with Gasteiger partial charge < -0.3 is 0 Å². The zero-order valence-electron chi connectivity index (χ0n) is 11.0. The maximum atomic E-state index is 5.22. The van der Waals surface area contributed by atoms with Gasteiger partial charge in [0.05, 0.1) is 6.21 Å². The van der Waals surface area contributed by atoms with Crippen LogP contribution in [0.15, 0.2) is 58.1 Å². The molecule has 2 heterocycles. The van der Waals surface area contributed by atoms with Crippen LogP contribution in [-0.4, -0.2) is 21.1 Å². The Bertz CT molecular complexity index is 772. The third-order valence-corrected chi connectivity index (χ3v) is 4.75. The first-order chi connectivity index (χ1) is 10.3. The lowest BCUT2D eigenvalue weighted by atomic mass is 10.2. The molecular weight excluding hydrogens is 320 g/mol. The van der Waals surface area contributed by atoms with E-state index in [1.165, 1.54) is 5.56 Å². The van der Waals surface area contributed by atoms with Crippen LogP contribution in [0.2, 0.25) is 0 Å². The SMILES string of the molecule is S=c1[nH]nc(SCc2ccccc2)n1/N=C\c1cccs1. The zero-order valence-corrected chi connectivity index (χ0v) is 13.4. The quantitative estimate of drug-likeness (QED) is 0.433. The van der Waals surface area contributed by atoms with Crippen LogP contribution in [0, 0.1) is 4.77 Å². The highest BCUT2D eigenvalue weighted by Crippen LogP contribution is 2.20. The molecule has 7 heteroatoms. The molecule has 1 N–H and O–H groups in total. The summed E-state index contributed by atoms with van der Waals surface area (Å²) in [5.41, 5.74) is 1.24. The molecule has 0 aliphatic heterocycles. The largest absolute Gasteiger partial charge is 0.249 e. The minimum absolute atomic E-state index is 0.498. The number of rotatable bonds is 5. The summed E-state index contributed by atoms with van der Waals surface area (Å²) in [6.07, 6.45) is 1.79. The summed E-state index contributed by atoms with van der Waals surface area (Å²) in [6.45, 7) is 0. The first-order valence-electron chi connectivity index (χ1n) is 6.25. The number of aromatic nitrogens is 3. The Balaban J connectivity index is 1.76. The summed E-state index contributed by atoms with van der Waals surface area (Å²) in [5, 5.41) is 14.2. The van der Waals surface area contributed by atoms with Crippen molar-refractivity contribution in [2.75, 3.05) is 0 Å². The fourth-order valence-corrected chi connectivity index (χ4v) is 3.35. The molecule has 0 saturated carbocycles. The number of H-pyrrole nitrogens is 1. The van der Waals surface area contributed by atoms with Crippen LogP contribution in [0.4, 0.5) is 0 Å². The van der Waals surface area contributed by atoms with Crippen LogP contribution < -0.4 is 0 Å². The second-order valence-electron chi connectivity index (χ2n) is 4.16. The van der Waals surface area contributed by atoms with E-state index in [1.807, 2.05) is 35.7 Å². The van der Waals surface area contributed by atoms with Crippen LogP contribution >= 0.6 is 35.3 Å². The average molecular weight is 332 g/mol. The maximum Gasteiger partial charge on any atom is 0.217 e. The molecule has 1 aromatic carbocycles. The molecule has 0 saturated heterocycles. The van der Waals surface area contributed by atoms with Crippen LogP contribution in [0.25, 0.3) is 0 Å². The minimum atomic E-state index is 0.498. The molecule has 0 unspecified atom stereocenters. The normalized spacial score (nSPS) is 11.2. The fraction of sp³-hybridized carbons (Fsp3) is 0.0714. The second-order valence-corrected chi connectivity index (χ2v) is 6.47. The van der Waals surface area contributed by atoms with Crippen molar-refractivity contribution < 1.29 is 0 Å². The predicted molar refractivity (Wildman–Crippen MR) is 90.7 cm³/mol. The lowest BCUT2D eigenvalue weighted by molar-refractivity contribution is 0.759. The highest BCUT2D eigenvalue weighted by atomic mass is 32.2. The molecular formula is C14H12N4S3. The number of nitrogens with zero attached hydrogens (tertiary/aromatic N) is 3. The Morgan fingerprint density at radius 2 is 2.14 bits per heavy atom. The predicted octanol–water partition coefficient (Wildman–Crippen LogP) is 4.18. The van der Waals surface area contributed by atoms with Crippen molar-refractivity contribution in [1.82, 2.24) is 14.9 Å².